The Bertz CT molecular complexity index is 715. The van der Waals surface area contributed by atoms with E-state index in [1.54, 1.807) is 37.3 Å². The molecule has 2 N–H and O–H groups in total. The van der Waals surface area contributed by atoms with Gasteiger partial charge in [-0.25, -0.2) is 0 Å². The monoisotopic (exact) mass is 286 g/mol. The summed E-state index contributed by atoms with van der Waals surface area (Å²) >= 11 is 0. The van der Waals surface area contributed by atoms with Gasteiger partial charge in [0.2, 0.25) is 0 Å². The first-order chi connectivity index (χ1) is 10.0. The highest BCUT2D eigenvalue weighted by Crippen LogP contribution is 2.37. The van der Waals surface area contributed by atoms with Gasteiger partial charge < -0.3 is 15.2 Å². The van der Waals surface area contributed by atoms with E-state index in [2.05, 4.69) is 5.32 Å². The molecule has 0 spiro atoms. The molecule has 3 rings (SSSR count). The molecule has 0 aromatic heterocycles. The summed E-state index contributed by atoms with van der Waals surface area (Å²) in [5, 5.41) is 23.6. The van der Waals surface area contributed by atoms with Crippen molar-refractivity contribution >= 4 is 11.4 Å². The summed E-state index contributed by atoms with van der Waals surface area (Å²) < 4.78 is 5.51. The zero-order valence-electron chi connectivity index (χ0n) is 11.4. The van der Waals surface area contributed by atoms with Crippen molar-refractivity contribution in [1.82, 2.24) is 0 Å². The number of nitrogens with zero attached hydrogens (tertiary/aromatic N) is 1. The summed E-state index contributed by atoms with van der Waals surface area (Å²) in [5.41, 5.74) is 2.31. The molecule has 0 fully saturated rings. The third kappa shape index (κ3) is 2.47. The van der Waals surface area contributed by atoms with Crippen LogP contribution in [-0.4, -0.2) is 16.6 Å². The Kier molecular flexibility index (Phi) is 3.13. The average molecular weight is 286 g/mol. The first-order valence-corrected chi connectivity index (χ1v) is 6.52. The molecule has 0 amide bonds. The quantitative estimate of drug-likeness (QED) is 0.668. The highest BCUT2D eigenvalue weighted by molar-refractivity contribution is 5.57. The van der Waals surface area contributed by atoms with Gasteiger partial charge in [-0.2, -0.15) is 0 Å². The molecule has 0 saturated carbocycles. The molecule has 21 heavy (non-hydrogen) atoms. The molecule has 108 valence electrons. The van der Waals surface area contributed by atoms with E-state index in [1.807, 2.05) is 0 Å². The number of nitro groups is 1. The van der Waals surface area contributed by atoms with Gasteiger partial charge in [0.25, 0.3) is 5.69 Å². The molecule has 1 atom stereocenters. The predicted octanol–water partition coefficient (Wildman–Crippen LogP) is 3.15. The average Bonchev–Trinajstić information content (AvgIpc) is 2.83. The summed E-state index contributed by atoms with van der Waals surface area (Å²) in [7, 11) is 0. The predicted molar refractivity (Wildman–Crippen MR) is 77.8 cm³/mol. The molecular weight excluding hydrogens is 272 g/mol. The second-order valence-electron chi connectivity index (χ2n) is 4.99. The Morgan fingerprint density at radius 3 is 2.90 bits per heavy atom. The Morgan fingerprint density at radius 1 is 1.33 bits per heavy atom. The molecule has 2 aromatic rings. The number of phenols is 1. The van der Waals surface area contributed by atoms with Crippen LogP contribution in [0.1, 0.15) is 17.2 Å². The van der Waals surface area contributed by atoms with Crippen LogP contribution in [0.15, 0.2) is 36.4 Å². The molecular formula is C15H14N2O4. The van der Waals surface area contributed by atoms with Crippen LogP contribution in [-0.2, 0) is 0 Å². The number of benzene rings is 2. The number of anilines is 1. The summed E-state index contributed by atoms with van der Waals surface area (Å²) in [4.78, 5) is 10.6. The molecule has 1 heterocycles. The number of aromatic hydroxyl groups is 1. The maximum absolute atomic E-state index is 11.0. The molecule has 6 nitrogen and oxygen atoms in total. The van der Waals surface area contributed by atoms with Crippen molar-refractivity contribution in [3.05, 3.63) is 57.6 Å². The number of nitrogens with one attached hydrogen (secondary N) is 1. The number of rotatable bonds is 3. The van der Waals surface area contributed by atoms with Crippen LogP contribution in [0.4, 0.5) is 11.4 Å². The lowest BCUT2D eigenvalue weighted by Crippen LogP contribution is -2.12. The number of ether oxygens (including phenoxy) is 1. The fourth-order valence-corrected chi connectivity index (χ4v) is 2.42. The SMILES string of the molecule is Cc1ccc(NC2COc3cc(O)ccc32)cc1[N+](=O)[O-]. The number of fused-ring (bicyclic) bond motifs is 1. The third-order valence-corrected chi connectivity index (χ3v) is 3.52. The highest BCUT2D eigenvalue weighted by Gasteiger charge is 2.25. The first-order valence-electron chi connectivity index (χ1n) is 6.52. The molecule has 1 aliphatic rings. The molecule has 0 radical (unpaired) electrons. The smallest absolute Gasteiger partial charge is 0.274 e. The van der Waals surface area contributed by atoms with Crippen molar-refractivity contribution < 1.29 is 14.8 Å². The first kappa shape index (κ1) is 13.2. The van der Waals surface area contributed by atoms with Crippen LogP contribution >= 0.6 is 0 Å². The third-order valence-electron chi connectivity index (χ3n) is 3.52. The van der Waals surface area contributed by atoms with Gasteiger partial charge in [-0.05, 0) is 25.1 Å². The van der Waals surface area contributed by atoms with Gasteiger partial charge in [-0.3, -0.25) is 10.1 Å². The molecule has 0 saturated heterocycles. The maximum atomic E-state index is 11.0. The standard InChI is InChI=1S/C15H14N2O4/c1-9-2-3-10(6-14(9)17(19)20)16-13-8-21-15-7-11(18)4-5-12(13)15/h2-7,13,16,18H,8H2,1H3. The summed E-state index contributed by atoms with van der Waals surface area (Å²) in [6.45, 7) is 2.12. The topological polar surface area (TPSA) is 84.6 Å². The molecule has 1 aliphatic heterocycles. The normalized spacial score (nSPS) is 16.1. The van der Waals surface area contributed by atoms with E-state index in [9.17, 15) is 15.2 Å². The number of phenolic OH excluding ortho intramolecular Hbond substituents is 1. The fraction of sp³-hybridized carbons (Fsp3) is 0.200. The van der Waals surface area contributed by atoms with Crippen LogP contribution in [0.2, 0.25) is 0 Å². The lowest BCUT2D eigenvalue weighted by Gasteiger charge is -2.13. The van der Waals surface area contributed by atoms with Gasteiger partial charge in [-0.1, -0.05) is 6.07 Å². The molecule has 6 heteroatoms. The Labute approximate surface area is 121 Å². The van der Waals surface area contributed by atoms with E-state index in [4.69, 9.17) is 4.74 Å². The van der Waals surface area contributed by atoms with Crippen molar-refractivity contribution in [1.29, 1.82) is 0 Å². The highest BCUT2D eigenvalue weighted by atomic mass is 16.6. The number of aryl methyl sites for hydroxylation is 1. The fourth-order valence-electron chi connectivity index (χ4n) is 2.42. The van der Waals surface area contributed by atoms with Crippen molar-refractivity contribution in [2.24, 2.45) is 0 Å². The van der Waals surface area contributed by atoms with Crippen molar-refractivity contribution in [2.75, 3.05) is 11.9 Å². The largest absolute Gasteiger partial charge is 0.508 e. The van der Waals surface area contributed by atoms with E-state index >= 15 is 0 Å². The minimum absolute atomic E-state index is 0.0878. The van der Waals surface area contributed by atoms with E-state index in [-0.39, 0.29) is 17.5 Å². The van der Waals surface area contributed by atoms with E-state index < -0.39 is 4.92 Å². The molecule has 2 aromatic carbocycles. The number of hydrogen-bond acceptors (Lipinski definition) is 5. The van der Waals surface area contributed by atoms with Gasteiger partial charge >= 0.3 is 0 Å². The second-order valence-corrected chi connectivity index (χ2v) is 4.99. The zero-order chi connectivity index (χ0) is 15.0. The maximum Gasteiger partial charge on any atom is 0.274 e. The van der Waals surface area contributed by atoms with Crippen LogP contribution < -0.4 is 10.1 Å². The van der Waals surface area contributed by atoms with Crippen LogP contribution in [0.25, 0.3) is 0 Å². The Hall–Kier alpha value is -2.76. The summed E-state index contributed by atoms with van der Waals surface area (Å²) in [6.07, 6.45) is 0. The van der Waals surface area contributed by atoms with Crippen molar-refractivity contribution in [3.8, 4) is 11.5 Å². The van der Waals surface area contributed by atoms with Gasteiger partial charge in [-0.15, -0.1) is 0 Å². The van der Waals surface area contributed by atoms with E-state index in [0.717, 1.165) is 5.56 Å². The Balaban J connectivity index is 1.86. The van der Waals surface area contributed by atoms with Crippen molar-refractivity contribution in [2.45, 2.75) is 13.0 Å². The lowest BCUT2D eigenvalue weighted by molar-refractivity contribution is -0.385. The van der Waals surface area contributed by atoms with Crippen LogP contribution in [0.3, 0.4) is 0 Å². The summed E-state index contributed by atoms with van der Waals surface area (Å²) in [6, 6.07) is 9.90. The molecule has 0 bridgehead atoms. The minimum atomic E-state index is -0.391. The van der Waals surface area contributed by atoms with E-state index in [0.29, 0.717) is 23.6 Å². The summed E-state index contributed by atoms with van der Waals surface area (Å²) in [5.74, 6) is 0.787. The van der Waals surface area contributed by atoms with Crippen LogP contribution in [0.5, 0.6) is 11.5 Å². The second kappa shape index (κ2) is 4.97. The molecule has 0 aliphatic carbocycles. The number of nitro benzene ring substituents is 1. The van der Waals surface area contributed by atoms with Gasteiger partial charge in [0.15, 0.2) is 0 Å². The van der Waals surface area contributed by atoms with Gasteiger partial charge in [0, 0.05) is 28.9 Å². The van der Waals surface area contributed by atoms with Crippen molar-refractivity contribution in [3.63, 3.8) is 0 Å². The van der Waals surface area contributed by atoms with Crippen LogP contribution in [0, 0.1) is 17.0 Å². The van der Waals surface area contributed by atoms with Gasteiger partial charge in [0.1, 0.15) is 18.1 Å². The molecule has 1 unspecified atom stereocenters. The van der Waals surface area contributed by atoms with Gasteiger partial charge in [0.05, 0.1) is 11.0 Å². The van der Waals surface area contributed by atoms with E-state index in [1.165, 1.54) is 6.07 Å². The lowest BCUT2D eigenvalue weighted by atomic mass is 10.1. The Morgan fingerprint density at radius 2 is 2.14 bits per heavy atom. The zero-order valence-corrected chi connectivity index (χ0v) is 11.4. The minimum Gasteiger partial charge on any atom is -0.508 e. The number of hydrogen-bond donors (Lipinski definition) is 2.